The number of benzene rings is 1. The molecular weight excluding hydrogens is 472 g/mol. The molecule has 1 aromatic carbocycles. The first-order chi connectivity index (χ1) is 15.7. The van der Waals surface area contributed by atoms with Crippen LogP contribution < -0.4 is 0 Å². The first-order valence-electron chi connectivity index (χ1n) is 11.3. The second kappa shape index (κ2) is 9.84. The third-order valence-electron chi connectivity index (χ3n) is 7.23. The van der Waals surface area contributed by atoms with Gasteiger partial charge in [-0.2, -0.15) is 0 Å². The molecule has 180 valence electrons. The van der Waals surface area contributed by atoms with E-state index in [1.165, 1.54) is 24.3 Å². The Kier molecular flexibility index (Phi) is 7.26. The molecule has 0 spiro atoms. The Labute approximate surface area is 198 Å². The van der Waals surface area contributed by atoms with E-state index in [0.717, 1.165) is 12.2 Å². The van der Waals surface area contributed by atoms with E-state index in [1.54, 1.807) is 4.90 Å². The maximum atomic E-state index is 15.0. The van der Waals surface area contributed by atoms with Crippen LogP contribution in [-0.2, 0) is 19.4 Å². The monoisotopic (exact) mass is 499 g/mol. The van der Waals surface area contributed by atoms with Gasteiger partial charge < -0.3 is 9.64 Å². The van der Waals surface area contributed by atoms with Gasteiger partial charge in [-0.3, -0.25) is 4.79 Å². The molecule has 1 atom stereocenters. The lowest BCUT2D eigenvalue weighted by Crippen LogP contribution is -2.49. The smallest absolute Gasteiger partial charge is 0.223 e. The maximum Gasteiger partial charge on any atom is 0.223 e. The Hall–Kier alpha value is -1.77. The van der Waals surface area contributed by atoms with Crippen LogP contribution in [0.15, 0.2) is 53.0 Å². The number of carbonyl (C=O) groups excluding carboxylic acids is 1. The van der Waals surface area contributed by atoms with Crippen molar-refractivity contribution in [2.75, 3.05) is 26.3 Å². The van der Waals surface area contributed by atoms with Gasteiger partial charge in [-0.1, -0.05) is 11.6 Å². The minimum atomic E-state index is -4.01. The van der Waals surface area contributed by atoms with Gasteiger partial charge in [-0.15, -0.1) is 0 Å². The van der Waals surface area contributed by atoms with Gasteiger partial charge in [-0.05, 0) is 68.0 Å². The summed E-state index contributed by atoms with van der Waals surface area (Å²) in [5.74, 6) is -2.20. The molecule has 1 aliphatic heterocycles. The highest BCUT2D eigenvalue weighted by Crippen LogP contribution is 2.51. The molecule has 9 heteroatoms. The summed E-state index contributed by atoms with van der Waals surface area (Å²) in [5, 5.41) is 0.394. The van der Waals surface area contributed by atoms with Crippen molar-refractivity contribution in [3.05, 3.63) is 53.1 Å². The topological polar surface area (TPSA) is 63.7 Å². The third-order valence-corrected chi connectivity index (χ3v) is 10.1. The fraction of sp³-hybridized carbons (Fsp3) is 0.542. The molecule has 4 rings (SSSR count). The first-order valence-corrected chi connectivity index (χ1v) is 13.2. The van der Waals surface area contributed by atoms with Crippen LogP contribution in [0.5, 0.6) is 0 Å². The number of sulfone groups is 1. The molecule has 1 unspecified atom stereocenters. The van der Waals surface area contributed by atoms with Crippen molar-refractivity contribution < 1.29 is 26.7 Å². The molecule has 2 aliphatic carbocycles. The number of allylic oxidation sites excluding steroid dienone is 4. The highest BCUT2D eigenvalue weighted by atomic mass is 35.5. The molecule has 0 N–H and O–H groups in total. The highest BCUT2D eigenvalue weighted by Gasteiger charge is 2.54. The second-order valence-corrected chi connectivity index (χ2v) is 11.8. The molecule has 1 saturated carbocycles. The lowest BCUT2D eigenvalue weighted by atomic mass is 9.71. The number of halogens is 3. The van der Waals surface area contributed by atoms with Crippen molar-refractivity contribution in [1.29, 1.82) is 0 Å². The molecule has 0 aromatic heterocycles. The van der Waals surface area contributed by atoms with Gasteiger partial charge in [0.2, 0.25) is 5.91 Å². The average molecular weight is 500 g/mol. The fourth-order valence-corrected chi connectivity index (χ4v) is 7.73. The summed E-state index contributed by atoms with van der Waals surface area (Å²) >= 11 is 5.94. The number of carbonyl (C=O) groups is 1. The van der Waals surface area contributed by atoms with Crippen molar-refractivity contribution in [3.8, 4) is 0 Å². The van der Waals surface area contributed by atoms with Crippen LogP contribution in [0, 0.1) is 11.8 Å². The lowest BCUT2D eigenvalue weighted by molar-refractivity contribution is -0.136. The van der Waals surface area contributed by atoms with Gasteiger partial charge >= 0.3 is 0 Å². The van der Waals surface area contributed by atoms with Crippen LogP contribution in [-0.4, -0.2) is 50.3 Å². The molecule has 1 saturated heterocycles. The fourth-order valence-electron chi connectivity index (χ4n) is 5.30. The van der Waals surface area contributed by atoms with Gasteiger partial charge in [0.05, 0.1) is 22.9 Å². The molecule has 2 fully saturated rings. The van der Waals surface area contributed by atoms with E-state index in [-0.39, 0.29) is 36.0 Å². The Balaban J connectivity index is 1.59. The highest BCUT2D eigenvalue weighted by molar-refractivity contribution is 7.92. The molecule has 1 amide bonds. The predicted octanol–water partition coefficient (Wildman–Crippen LogP) is 5.02. The summed E-state index contributed by atoms with van der Waals surface area (Å²) in [7, 11) is -4.01. The first kappa shape index (κ1) is 24.4. The summed E-state index contributed by atoms with van der Waals surface area (Å²) in [5.41, 5.74) is 0. The number of hydrogen-bond donors (Lipinski definition) is 0. The number of ether oxygens (including phenoxy) is 1. The summed E-state index contributed by atoms with van der Waals surface area (Å²) in [6.45, 7) is 2.16. The molecular formula is C24H28ClF2NO4S. The predicted molar refractivity (Wildman–Crippen MR) is 122 cm³/mol. The summed E-state index contributed by atoms with van der Waals surface area (Å²) in [6.07, 6.45) is 3.38. The number of morpholine rings is 1. The summed E-state index contributed by atoms with van der Waals surface area (Å²) < 4.78 is 60.8. The van der Waals surface area contributed by atoms with Gasteiger partial charge in [0, 0.05) is 36.9 Å². The maximum absolute atomic E-state index is 15.0. The molecule has 0 bridgehead atoms. The average Bonchev–Trinajstić information content (AvgIpc) is 2.82. The van der Waals surface area contributed by atoms with Crippen molar-refractivity contribution in [2.24, 2.45) is 11.8 Å². The van der Waals surface area contributed by atoms with E-state index >= 15 is 4.39 Å². The minimum Gasteiger partial charge on any atom is -0.378 e. The summed E-state index contributed by atoms with van der Waals surface area (Å²) in [6, 6.07) is 5.82. The van der Waals surface area contributed by atoms with E-state index in [0.29, 0.717) is 50.6 Å². The molecule has 3 aliphatic rings. The number of nitrogens with zero attached hydrogens (tertiary/aromatic N) is 1. The molecule has 0 radical (unpaired) electrons. The SMILES string of the molecule is O=C(C[C@H]1CC[C@@](C2CC(F)=CC=C2F)(S(=O)(=O)c2ccc(Cl)cc2)CC1)N1CCOCC1. The Morgan fingerprint density at radius 1 is 1.09 bits per heavy atom. The van der Waals surface area contributed by atoms with Crippen molar-refractivity contribution in [2.45, 2.75) is 48.2 Å². The number of rotatable bonds is 5. The Bertz CT molecular complexity index is 1040. The Morgan fingerprint density at radius 2 is 1.73 bits per heavy atom. The second-order valence-electron chi connectivity index (χ2n) is 9.08. The largest absolute Gasteiger partial charge is 0.378 e. The standard InChI is InChI=1S/C24H28ClF2NO4S/c25-18-1-4-20(5-2-18)33(30,31)24(21-16-19(26)3-6-22(21)27)9-7-17(8-10-24)15-23(29)28-11-13-32-14-12-28/h1-6,17,21H,7-16H2/t17-,21?,24+. The van der Waals surface area contributed by atoms with E-state index < -0.39 is 32.2 Å². The van der Waals surface area contributed by atoms with E-state index in [4.69, 9.17) is 16.3 Å². The number of amides is 1. The van der Waals surface area contributed by atoms with E-state index in [2.05, 4.69) is 0 Å². The third kappa shape index (κ3) is 4.88. The van der Waals surface area contributed by atoms with E-state index in [1.807, 2.05) is 0 Å². The van der Waals surface area contributed by atoms with Crippen LogP contribution in [0.3, 0.4) is 0 Å². The van der Waals surface area contributed by atoms with Gasteiger partial charge in [-0.25, -0.2) is 17.2 Å². The summed E-state index contributed by atoms with van der Waals surface area (Å²) in [4.78, 5) is 14.5. The van der Waals surface area contributed by atoms with Gasteiger partial charge in [0.15, 0.2) is 9.84 Å². The zero-order valence-electron chi connectivity index (χ0n) is 18.3. The number of hydrogen-bond acceptors (Lipinski definition) is 4. The van der Waals surface area contributed by atoms with Gasteiger partial charge in [0.1, 0.15) is 11.7 Å². The molecule has 1 aromatic rings. The van der Waals surface area contributed by atoms with Crippen LogP contribution in [0.25, 0.3) is 0 Å². The molecule has 1 heterocycles. The van der Waals surface area contributed by atoms with Crippen LogP contribution in [0.1, 0.15) is 38.5 Å². The normalized spacial score (nSPS) is 28.8. The zero-order chi connectivity index (χ0) is 23.6. The lowest BCUT2D eigenvalue weighted by Gasteiger charge is -2.45. The van der Waals surface area contributed by atoms with Crippen molar-refractivity contribution >= 4 is 27.3 Å². The molecule has 5 nitrogen and oxygen atoms in total. The van der Waals surface area contributed by atoms with Crippen molar-refractivity contribution in [3.63, 3.8) is 0 Å². The Morgan fingerprint density at radius 3 is 2.36 bits per heavy atom. The molecule has 33 heavy (non-hydrogen) atoms. The van der Waals surface area contributed by atoms with E-state index in [9.17, 15) is 17.6 Å². The van der Waals surface area contributed by atoms with Crippen LogP contribution in [0.4, 0.5) is 8.78 Å². The minimum absolute atomic E-state index is 0.00454. The van der Waals surface area contributed by atoms with Crippen LogP contribution in [0.2, 0.25) is 5.02 Å². The quantitative estimate of drug-likeness (QED) is 0.570. The zero-order valence-corrected chi connectivity index (χ0v) is 19.9. The van der Waals surface area contributed by atoms with Crippen molar-refractivity contribution in [1.82, 2.24) is 4.90 Å². The van der Waals surface area contributed by atoms with Gasteiger partial charge in [0.25, 0.3) is 0 Å². The van der Waals surface area contributed by atoms with Crippen LogP contribution >= 0.6 is 11.6 Å².